The van der Waals surface area contributed by atoms with Crippen LogP contribution in [-0.4, -0.2) is 12.8 Å². The molecule has 1 aliphatic rings. The third kappa shape index (κ3) is 1.61. The average molecular weight is 240 g/mol. The molecule has 2 nitrogen and oxygen atoms in total. The molecule has 0 bridgehead atoms. The van der Waals surface area contributed by atoms with Crippen LogP contribution in [0, 0.1) is 0 Å². The first-order chi connectivity index (χ1) is 6.31. The van der Waals surface area contributed by atoms with E-state index in [9.17, 15) is 4.79 Å². The molecule has 0 amide bonds. The summed E-state index contributed by atoms with van der Waals surface area (Å²) in [5.41, 5.74) is 3.12. The van der Waals surface area contributed by atoms with E-state index in [2.05, 4.69) is 21.2 Å². The van der Waals surface area contributed by atoms with Crippen molar-refractivity contribution in [1.29, 1.82) is 0 Å². The van der Waals surface area contributed by atoms with Gasteiger partial charge in [0, 0.05) is 22.3 Å². The van der Waals surface area contributed by atoms with Gasteiger partial charge in [-0.15, -0.1) is 0 Å². The number of benzene rings is 1. The van der Waals surface area contributed by atoms with E-state index < -0.39 is 0 Å². The number of halogens is 1. The van der Waals surface area contributed by atoms with Gasteiger partial charge in [-0.05, 0) is 30.5 Å². The van der Waals surface area contributed by atoms with Crippen LogP contribution in [0.2, 0.25) is 0 Å². The number of fused-ring (bicyclic) bond motifs is 1. The van der Waals surface area contributed by atoms with E-state index in [1.54, 1.807) is 0 Å². The minimum atomic E-state index is 0.716. The lowest BCUT2D eigenvalue weighted by molar-refractivity contribution is 0.112. The van der Waals surface area contributed by atoms with Crippen LogP contribution in [0.15, 0.2) is 16.6 Å². The van der Waals surface area contributed by atoms with Crippen molar-refractivity contribution in [2.45, 2.75) is 12.8 Å². The molecule has 2 rings (SSSR count). The SMILES string of the molecule is O=Cc1cc2c(cc1Br)CCCN2. The Morgan fingerprint density at radius 2 is 2.31 bits per heavy atom. The van der Waals surface area contributed by atoms with Crippen LogP contribution in [0.1, 0.15) is 22.3 Å². The first kappa shape index (κ1) is 8.75. The van der Waals surface area contributed by atoms with Crippen LogP contribution < -0.4 is 5.32 Å². The molecule has 0 unspecified atom stereocenters. The summed E-state index contributed by atoms with van der Waals surface area (Å²) in [4.78, 5) is 10.7. The highest BCUT2D eigenvalue weighted by atomic mass is 79.9. The maximum Gasteiger partial charge on any atom is 0.151 e. The van der Waals surface area contributed by atoms with Crippen molar-refractivity contribution in [3.05, 3.63) is 27.7 Å². The molecule has 0 fully saturated rings. The zero-order chi connectivity index (χ0) is 9.26. The van der Waals surface area contributed by atoms with E-state index in [-0.39, 0.29) is 0 Å². The van der Waals surface area contributed by atoms with Gasteiger partial charge < -0.3 is 5.32 Å². The van der Waals surface area contributed by atoms with Crippen molar-refractivity contribution in [1.82, 2.24) is 0 Å². The van der Waals surface area contributed by atoms with Gasteiger partial charge in [-0.25, -0.2) is 0 Å². The van der Waals surface area contributed by atoms with Crippen molar-refractivity contribution in [3.63, 3.8) is 0 Å². The van der Waals surface area contributed by atoms with Gasteiger partial charge in [0.15, 0.2) is 6.29 Å². The summed E-state index contributed by atoms with van der Waals surface area (Å²) in [6, 6.07) is 3.94. The highest BCUT2D eigenvalue weighted by Crippen LogP contribution is 2.27. The molecule has 68 valence electrons. The molecule has 1 aromatic rings. The Kier molecular flexibility index (Phi) is 2.36. The normalized spacial score (nSPS) is 14.5. The zero-order valence-corrected chi connectivity index (χ0v) is 8.73. The van der Waals surface area contributed by atoms with E-state index >= 15 is 0 Å². The largest absolute Gasteiger partial charge is 0.385 e. The van der Waals surface area contributed by atoms with Crippen LogP contribution in [0.3, 0.4) is 0 Å². The van der Waals surface area contributed by atoms with Gasteiger partial charge in [0.2, 0.25) is 0 Å². The van der Waals surface area contributed by atoms with Crippen LogP contribution in [0.5, 0.6) is 0 Å². The number of nitrogens with one attached hydrogen (secondary N) is 1. The summed E-state index contributed by atoms with van der Waals surface area (Å²) in [5, 5.41) is 3.28. The van der Waals surface area contributed by atoms with Crippen LogP contribution in [-0.2, 0) is 6.42 Å². The van der Waals surface area contributed by atoms with E-state index in [0.29, 0.717) is 5.56 Å². The van der Waals surface area contributed by atoms with Crippen LogP contribution >= 0.6 is 15.9 Å². The van der Waals surface area contributed by atoms with Crippen molar-refractivity contribution in [3.8, 4) is 0 Å². The number of hydrogen-bond donors (Lipinski definition) is 1. The van der Waals surface area contributed by atoms with Crippen molar-refractivity contribution in [2.75, 3.05) is 11.9 Å². The standard InChI is InChI=1S/C10H10BrNO/c11-9-4-7-2-1-3-12-10(7)5-8(9)6-13/h4-6,12H,1-3H2. The highest BCUT2D eigenvalue weighted by Gasteiger charge is 2.10. The highest BCUT2D eigenvalue weighted by molar-refractivity contribution is 9.10. The topological polar surface area (TPSA) is 29.1 Å². The van der Waals surface area contributed by atoms with Crippen LogP contribution in [0.25, 0.3) is 0 Å². The third-order valence-electron chi connectivity index (χ3n) is 2.29. The fraction of sp³-hybridized carbons (Fsp3) is 0.300. The van der Waals surface area contributed by atoms with Gasteiger partial charge in [0.05, 0.1) is 0 Å². The van der Waals surface area contributed by atoms with E-state index in [1.807, 2.05) is 12.1 Å². The predicted octanol–water partition coefficient (Wildman–Crippen LogP) is 2.62. The third-order valence-corrected chi connectivity index (χ3v) is 2.97. The molecule has 0 aromatic heterocycles. The lowest BCUT2D eigenvalue weighted by Crippen LogP contribution is -2.12. The molecule has 0 spiro atoms. The van der Waals surface area contributed by atoms with Crippen molar-refractivity contribution < 1.29 is 4.79 Å². The fourth-order valence-corrected chi connectivity index (χ4v) is 2.08. The summed E-state index contributed by atoms with van der Waals surface area (Å²) in [6.45, 7) is 1.01. The van der Waals surface area contributed by atoms with E-state index in [0.717, 1.165) is 29.4 Å². The van der Waals surface area contributed by atoms with Crippen molar-refractivity contribution in [2.24, 2.45) is 0 Å². The molecule has 1 heterocycles. The molecule has 1 aliphatic heterocycles. The minimum absolute atomic E-state index is 0.716. The Morgan fingerprint density at radius 3 is 3.08 bits per heavy atom. The number of rotatable bonds is 1. The second-order valence-electron chi connectivity index (χ2n) is 3.18. The molecule has 0 atom stereocenters. The summed E-state index contributed by atoms with van der Waals surface area (Å²) in [6.07, 6.45) is 3.14. The molecule has 0 aliphatic carbocycles. The second-order valence-corrected chi connectivity index (χ2v) is 4.03. The predicted molar refractivity (Wildman–Crippen MR) is 56.3 cm³/mol. The van der Waals surface area contributed by atoms with Crippen LogP contribution in [0.4, 0.5) is 5.69 Å². The molecule has 1 N–H and O–H groups in total. The summed E-state index contributed by atoms with van der Waals surface area (Å²) >= 11 is 3.38. The first-order valence-electron chi connectivity index (χ1n) is 4.33. The van der Waals surface area contributed by atoms with Gasteiger partial charge in [0.1, 0.15) is 0 Å². The molecule has 1 aromatic carbocycles. The summed E-state index contributed by atoms with van der Waals surface area (Å²) in [5.74, 6) is 0. The molecular weight excluding hydrogens is 230 g/mol. The Labute approximate surface area is 85.5 Å². The first-order valence-corrected chi connectivity index (χ1v) is 5.12. The van der Waals surface area contributed by atoms with Gasteiger partial charge in [-0.2, -0.15) is 0 Å². The maximum absolute atomic E-state index is 10.7. The van der Waals surface area contributed by atoms with Gasteiger partial charge in [0.25, 0.3) is 0 Å². The summed E-state index contributed by atoms with van der Waals surface area (Å²) in [7, 11) is 0. The molecule has 13 heavy (non-hydrogen) atoms. The zero-order valence-electron chi connectivity index (χ0n) is 7.14. The number of hydrogen-bond acceptors (Lipinski definition) is 2. The number of carbonyl (C=O) groups excluding carboxylic acids is 1. The van der Waals surface area contributed by atoms with Crippen molar-refractivity contribution >= 4 is 27.9 Å². The maximum atomic E-state index is 10.7. The monoisotopic (exact) mass is 239 g/mol. The molecule has 0 saturated carbocycles. The van der Waals surface area contributed by atoms with E-state index in [1.165, 1.54) is 12.0 Å². The lowest BCUT2D eigenvalue weighted by atomic mass is 10.0. The smallest absolute Gasteiger partial charge is 0.151 e. The number of carbonyl (C=O) groups is 1. The van der Waals surface area contributed by atoms with Gasteiger partial charge in [-0.1, -0.05) is 15.9 Å². The van der Waals surface area contributed by atoms with E-state index in [4.69, 9.17) is 0 Å². The Hall–Kier alpha value is -0.830. The average Bonchev–Trinajstić information content (AvgIpc) is 2.17. The summed E-state index contributed by atoms with van der Waals surface area (Å²) < 4.78 is 0.893. The Morgan fingerprint density at radius 1 is 1.46 bits per heavy atom. The van der Waals surface area contributed by atoms with Gasteiger partial charge in [-0.3, -0.25) is 4.79 Å². The number of aldehydes is 1. The molecular formula is C10H10BrNO. The molecule has 0 radical (unpaired) electrons. The Bertz CT molecular complexity index is 349. The quantitative estimate of drug-likeness (QED) is 0.764. The second kappa shape index (κ2) is 3.50. The lowest BCUT2D eigenvalue weighted by Gasteiger charge is -2.18. The number of anilines is 1. The molecule has 3 heteroatoms. The molecule has 0 saturated heterocycles. The number of aryl methyl sites for hydroxylation is 1. The fourth-order valence-electron chi connectivity index (χ4n) is 1.59. The van der Waals surface area contributed by atoms with Gasteiger partial charge >= 0.3 is 0 Å². The minimum Gasteiger partial charge on any atom is -0.385 e. The Balaban J connectivity index is 2.50.